The summed E-state index contributed by atoms with van der Waals surface area (Å²) in [6, 6.07) is 8.83. The first-order chi connectivity index (χ1) is 9.69. The van der Waals surface area contributed by atoms with E-state index in [4.69, 9.17) is 10.8 Å². The van der Waals surface area contributed by atoms with Crippen LogP contribution < -0.4 is 11.1 Å². The van der Waals surface area contributed by atoms with Crippen LogP contribution in [-0.2, 0) is 6.42 Å². The third kappa shape index (κ3) is 2.26. The number of aromatic nitrogens is 2. The number of nitrogen functional groups attached to an aromatic ring is 1. The van der Waals surface area contributed by atoms with Crippen LogP contribution in [0.5, 0.6) is 0 Å². The molecule has 1 aromatic carbocycles. The van der Waals surface area contributed by atoms with Crippen molar-refractivity contribution < 1.29 is 0 Å². The molecule has 1 atom stereocenters. The second-order valence-electron chi connectivity index (χ2n) is 5.56. The minimum absolute atomic E-state index is 0.291. The van der Waals surface area contributed by atoms with Crippen molar-refractivity contribution in [2.45, 2.75) is 39.2 Å². The lowest BCUT2D eigenvalue weighted by Gasteiger charge is -2.26. The highest BCUT2D eigenvalue weighted by atomic mass is 15.4. The van der Waals surface area contributed by atoms with E-state index in [0.29, 0.717) is 6.04 Å². The molecule has 0 spiro atoms. The van der Waals surface area contributed by atoms with Crippen LogP contribution in [-0.4, -0.2) is 16.3 Å². The van der Waals surface area contributed by atoms with Gasteiger partial charge in [0.15, 0.2) is 0 Å². The predicted octanol–water partition coefficient (Wildman–Crippen LogP) is 3.13. The van der Waals surface area contributed by atoms with Crippen molar-refractivity contribution in [3.05, 3.63) is 41.1 Å². The average Bonchev–Trinajstić information content (AvgIpc) is 2.84. The number of aryl methyl sites for hydroxylation is 2. The highest BCUT2D eigenvalue weighted by Gasteiger charge is 2.23. The monoisotopic (exact) mass is 270 g/mol. The SMILES string of the molecule is CCCc1cc2n(n1)C(c1ccc(C)c(N)c1)CCN2. The zero-order valence-electron chi connectivity index (χ0n) is 12.2. The molecule has 20 heavy (non-hydrogen) atoms. The molecule has 106 valence electrons. The van der Waals surface area contributed by atoms with Gasteiger partial charge in [-0.25, -0.2) is 4.68 Å². The van der Waals surface area contributed by atoms with E-state index >= 15 is 0 Å². The molecule has 0 bridgehead atoms. The summed E-state index contributed by atoms with van der Waals surface area (Å²) < 4.78 is 2.12. The van der Waals surface area contributed by atoms with E-state index < -0.39 is 0 Å². The van der Waals surface area contributed by atoms with Crippen LogP contribution in [0.2, 0.25) is 0 Å². The minimum atomic E-state index is 0.291. The van der Waals surface area contributed by atoms with Crippen LogP contribution in [0.15, 0.2) is 24.3 Å². The number of rotatable bonds is 3. The van der Waals surface area contributed by atoms with Crippen LogP contribution in [0.4, 0.5) is 11.5 Å². The molecule has 2 aromatic rings. The Balaban J connectivity index is 1.98. The first-order valence-corrected chi connectivity index (χ1v) is 7.37. The first kappa shape index (κ1) is 13.0. The van der Waals surface area contributed by atoms with E-state index in [1.807, 2.05) is 6.92 Å². The van der Waals surface area contributed by atoms with Gasteiger partial charge in [0.25, 0.3) is 0 Å². The molecule has 1 aromatic heterocycles. The standard InChI is InChI=1S/C16H22N4/c1-3-4-13-10-16-18-8-7-15(20(16)19-13)12-6-5-11(2)14(17)9-12/h5-6,9-10,15,18H,3-4,7-8,17H2,1-2H3. The second-order valence-corrected chi connectivity index (χ2v) is 5.56. The Labute approximate surface area is 120 Å². The Kier molecular flexibility index (Phi) is 3.38. The van der Waals surface area contributed by atoms with Gasteiger partial charge in [-0.1, -0.05) is 25.5 Å². The van der Waals surface area contributed by atoms with E-state index in [9.17, 15) is 0 Å². The van der Waals surface area contributed by atoms with Crippen LogP contribution >= 0.6 is 0 Å². The summed E-state index contributed by atoms with van der Waals surface area (Å²) in [5.41, 5.74) is 10.5. The second kappa shape index (κ2) is 5.19. The fourth-order valence-electron chi connectivity index (χ4n) is 2.83. The maximum Gasteiger partial charge on any atom is 0.125 e. The van der Waals surface area contributed by atoms with Crippen molar-refractivity contribution in [1.29, 1.82) is 0 Å². The van der Waals surface area contributed by atoms with Crippen molar-refractivity contribution in [3.63, 3.8) is 0 Å². The molecule has 0 fully saturated rings. The molecule has 4 nitrogen and oxygen atoms in total. The summed E-state index contributed by atoms with van der Waals surface area (Å²) >= 11 is 0. The van der Waals surface area contributed by atoms with Gasteiger partial charge >= 0.3 is 0 Å². The van der Waals surface area contributed by atoms with Gasteiger partial charge in [0.05, 0.1) is 11.7 Å². The van der Waals surface area contributed by atoms with Gasteiger partial charge in [-0.3, -0.25) is 0 Å². The van der Waals surface area contributed by atoms with Crippen LogP contribution in [0, 0.1) is 6.92 Å². The topological polar surface area (TPSA) is 55.9 Å². The van der Waals surface area contributed by atoms with E-state index in [1.54, 1.807) is 0 Å². The molecular weight excluding hydrogens is 248 g/mol. The fourth-order valence-corrected chi connectivity index (χ4v) is 2.83. The molecule has 0 saturated carbocycles. The lowest BCUT2D eigenvalue weighted by atomic mass is 10.00. The summed E-state index contributed by atoms with van der Waals surface area (Å²) in [5.74, 6) is 1.13. The third-order valence-corrected chi connectivity index (χ3v) is 4.00. The van der Waals surface area contributed by atoms with Gasteiger partial charge in [-0.05, 0) is 37.0 Å². The minimum Gasteiger partial charge on any atom is -0.399 e. The molecule has 1 unspecified atom stereocenters. The average molecular weight is 270 g/mol. The highest BCUT2D eigenvalue weighted by Crippen LogP contribution is 2.31. The zero-order chi connectivity index (χ0) is 14.1. The van der Waals surface area contributed by atoms with E-state index in [1.165, 1.54) is 11.3 Å². The molecule has 1 aliphatic rings. The number of nitrogens with zero attached hydrogens (tertiary/aromatic N) is 2. The molecule has 4 heteroatoms. The first-order valence-electron chi connectivity index (χ1n) is 7.37. The van der Waals surface area contributed by atoms with Crippen LogP contribution in [0.1, 0.15) is 42.6 Å². The number of nitrogens with two attached hydrogens (primary N) is 1. The Hall–Kier alpha value is -1.97. The number of hydrogen-bond acceptors (Lipinski definition) is 3. The van der Waals surface area contributed by atoms with Gasteiger partial charge in [0.2, 0.25) is 0 Å². The van der Waals surface area contributed by atoms with Gasteiger partial charge < -0.3 is 11.1 Å². The van der Waals surface area contributed by atoms with Gasteiger partial charge in [-0.2, -0.15) is 5.10 Å². The number of fused-ring (bicyclic) bond motifs is 1. The number of benzene rings is 1. The molecule has 1 aliphatic heterocycles. The Morgan fingerprint density at radius 1 is 1.40 bits per heavy atom. The maximum atomic E-state index is 6.05. The van der Waals surface area contributed by atoms with Crippen molar-refractivity contribution in [2.75, 3.05) is 17.6 Å². The largest absolute Gasteiger partial charge is 0.399 e. The van der Waals surface area contributed by atoms with E-state index in [2.05, 4.69) is 41.2 Å². The Morgan fingerprint density at radius 2 is 2.25 bits per heavy atom. The zero-order valence-corrected chi connectivity index (χ0v) is 12.2. The molecule has 0 saturated heterocycles. The van der Waals surface area contributed by atoms with E-state index in [-0.39, 0.29) is 0 Å². The molecule has 0 aliphatic carbocycles. The molecule has 0 radical (unpaired) electrons. The number of hydrogen-bond donors (Lipinski definition) is 2. The number of nitrogens with one attached hydrogen (secondary N) is 1. The Bertz CT molecular complexity index is 615. The Morgan fingerprint density at radius 3 is 3.00 bits per heavy atom. The van der Waals surface area contributed by atoms with Crippen LogP contribution in [0.3, 0.4) is 0 Å². The summed E-state index contributed by atoms with van der Waals surface area (Å²) in [4.78, 5) is 0. The summed E-state index contributed by atoms with van der Waals surface area (Å²) in [6.07, 6.45) is 3.20. The fraction of sp³-hybridized carbons (Fsp3) is 0.438. The van der Waals surface area contributed by atoms with Crippen molar-refractivity contribution in [1.82, 2.24) is 9.78 Å². The smallest absolute Gasteiger partial charge is 0.125 e. The van der Waals surface area contributed by atoms with Gasteiger partial charge in [-0.15, -0.1) is 0 Å². The van der Waals surface area contributed by atoms with Crippen molar-refractivity contribution in [2.24, 2.45) is 0 Å². The molecule has 3 rings (SSSR count). The summed E-state index contributed by atoms with van der Waals surface area (Å²) in [7, 11) is 0. The lowest BCUT2D eigenvalue weighted by molar-refractivity contribution is 0.478. The van der Waals surface area contributed by atoms with Gasteiger partial charge in [0.1, 0.15) is 5.82 Å². The van der Waals surface area contributed by atoms with E-state index in [0.717, 1.165) is 42.9 Å². The third-order valence-electron chi connectivity index (χ3n) is 4.00. The number of anilines is 2. The maximum absolute atomic E-state index is 6.05. The molecule has 3 N–H and O–H groups in total. The predicted molar refractivity (Wildman–Crippen MR) is 83.1 cm³/mol. The van der Waals surface area contributed by atoms with Gasteiger partial charge in [0, 0.05) is 18.3 Å². The van der Waals surface area contributed by atoms with Crippen molar-refractivity contribution in [3.8, 4) is 0 Å². The molecule has 0 amide bonds. The molecule has 2 heterocycles. The summed E-state index contributed by atoms with van der Waals surface area (Å²) in [5, 5.41) is 8.20. The summed E-state index contributed by atoms with van der Waals surface area (Å²) in [6.45, 7) is 5.21. The highest BCUT2D eigenvalue weighted by molar-refractivity contribution is 5.50. The lowest BCUT2D eigenvalue weighted by Crippen LogP contribution is -2.24. The quantitative estimate of drug-likeness (QED) is 0.842. The normalized spacial score (nSPS) is 17.6. The van der Waals surface area contributed by atoms with Crippen LogP contribution in [0.25, 0.3) is 0 Å². The molecular formula is C16H22N4. The van der Waals surface area contributed by atoms with Crippen molar-refractivity contribution >= 4 is 11.5 Å².